The predicted octanol–water partition coefficient (Wildman–Crippen LogP) is 3.48. The quantitative estimate of drug-likeness (QED) is 0.766. The molecule has 0 spiro atoms. The molecule has 1 aromatic carbocycles. The maximum atomic E-state index is 12.4. The summed E-state index contributed by atoms with van der Waals surface area (Å²) < 4.78 is 37.3. The zero-order chi connectivity index (χ0) is 14.8. The van der Waals surface area contributed by atoms with E-state index in [4.69, 9.17) is 11.6 Å². The van der Waals surface area contributed by atoms with Crippen LogP contribution in [0, 0.1) is 0 Å². The van der Waals surface area contributed by atoms with E-state index in [1.165, 1.54) is 12.1 Å². The van der Waals surface area contributed by atoms with E-state index in [0.29, 0.717) is 18.7 Å². The number of carbonyl (C=O) groups excluding carboxylic acids is 1. The number of alkyl halides is 4. The normalized spacial score (nSPS) is 20.0. The zero-order valence-electron chi connectivity index (χ0n) is 10.8. The molecule has 1 saturated heterocycles. The van der Waals surface area contributed by atoms with Crippen LogP contribution in [0.1, 0.15) is 24.0 Å². The van der Waals surface area contributed by atoms with Crippen LogP contribution in [0.5, 0.6) is 0 Å². The van der Waals surface area contributed by atoms with Gasteiger partial charge in [-0.3, -0.25) is 4.79 Å². The highest BCUT2D eigenvalue weighted by Crippen LogP contribution is 2.29. The van der Waals surface area contributed by atoms with Gasteiger partial charge in [-0.05, 0) is 30.5 Å². The van der Waals surface area contributed by atoms with E-state index >= 15 is 0 Å². The maximum absolute atomic E-state index is 12.4. The number of rotatable bonds is 2. The summed E-state index contributed by atoms with van der Waals surface area (Å²) in [5.41, 5.74) is -0.118. The molecule has 110 valence electrons. The van der Waals surface area contributed by atoms with E-state index < -0.39 is 11.7 Å². The Morgan fingerprint density at radius 3 is 2.50 bits per heavy atom. The Bertz CT molecular complexity index is 472. The van der Waals surface area contributed by atoms with E-state index in [1.807, 2.05) is 0 Å². The second kappa shape index (κ2) is 6.04. The fraction of sp³-hybridized carbons (Fsp3) is 0.500. The first-order valence-electron chi connectivity index (χ1n) is 6.44. The molecule has 0 radical (unpaired) electrons. The Kier molecular flexibility index (Phi) is 4.58. The van der Waals surface area contributed by atoms with Crippen molar-refractivity contribution in [2.24, 2.45) is 0 Å². The van der Waals surface area contributed by atoms with Gasteiger partial charge in [0.1, 0.15) is 0 Å². The van der Waals surface area contributed by atoms with Crippen LogP contribution in [0.15, 0.2) is 24.3 Å². The number of nitrogens with zero attached hydrogens (tertiary/aromatic N) is 1. The van der Waals surface area contributed by atoms with Crippen LogP contribution < -0.4 is 0 Å². The van der Waals surface area contributed by atoms with Crippen LogP contribution in [-0.2, 0) is 17.4 Å². The van der Waals surface area contributed by atoms with E-state index in [0.717, 1.165) is 25.0 Å². The number of likely N-dealkylation sites (tertiary alicyclic amines) is 1. The molecule has 1 atom stereocenters. The first kappa shape index (κ1) is 15.2. The Morgan fingerprint density at radius 1 is 1.30 bits per heavy atom. The second-order valence-corrected chi connectivity index (χ2v) is 5.57. The fourth-order valence-electron chi connectivity index (χ4n) is 2.25. The molecule has 20 heavy (non-hydrogen) atoms. The van der Waals surface area contributed by atoms with Gasteiger partial charge in [0.25, 0.3) is 0 Å². The molecule has 1 aromatic rings. The molecule has 1 aliphatic heterocycles. The summed E-state index contributed by atoms with van der Waals surface area (Å²) >= 11 is 6.01. The SMILES string of the molecule is O=C(Cc1ccc(C(F)(F)F)cc1)N1CCCC(Cl)C1. The number of benzene rings is 1. The van der Waals surface area contributed by atoms with E-state index in [-0.39, 0.29) is 17.7 Å². The average Bonchev–Trinajstić information content (AvgIpc) is 2.38. The van der Waals surface area contributed by atoms with Gasteiger partial charge >= 0.3 is 6.18 Å². The van der Waals surface area contributed by atoms with Gasteiger partial charge in [-0.25, -0.2) is 0 Å². The highest BCUT2D eigenvalue weighted by molar-refractivity contribution is 6.20. The first-order valence-corrected chi connectivity index (χ1v) is 6.88. The summed E-state index contributed by atoms with van der Waals surface area (Å²) in [5.74, 6) is -0.0879. The molecular formula is C14H15ClF3NO. The third-order valence-corrected chi connectivity index (χ3v) is 3.71. The van der Waals surface area contributed by atoms with Gasteiger partial charge in [-0.1, -0.05) is 12.1 Å². The van der Waals surface area contributed by atoms with Crippen LogP contribution in [-0.4, -0.2) is 29.3 Å². The highest BCUT2D eigenvalue weighted by atomic mass is 35.5. The highest BCUT2D eigenvalue weighted by Gasteiger charge is 2.30. The van der Waals surface area contributed by atoms with Crippen molar-refractivity contribution >= 4 is 17.5 Å². The molecule has 1 unspecified atom stereocenters. The Morgan fingerprint density at radius 2 is 1.95 bits per heavy atom. The van der Waals surface area contributed by atoms with Crippen molar-refractivity contribution in [3.05, 3.63) is 35.4 Å². The van der Waals surface area contributed by atoms with Crippen molar-refractivity contribution in [3.8, 4) is 0 Å². The number of piperidine rings is 1. The predicted molar refractivity (Wildman–Crippen MR) is 70.6 cm³/mol. The summed E-state index contributed by atoms with van der Waals surface area (Å²) in [6.45, 7) is 1.18. The minimum Gasteiger partial charge on any atom is -0.341 e. The lowest BCUT2D eigenvalue weighted by Crippen LogP contribution is -2.41. The summed E-state index contributed by atoms with van der Waals surface area (Å²) in [4.78, 5) is 13.7. The molecule has 0 aromatic heterocycles. The van der Waals surface area contributed by atoms with Crippen molar-refractivity contribution in [2.75, 3.05) is 13.1 Å². The van der Waals surface area contributed by atoms with Gasteiger partial charge in [0.2, 0.25) is 5.91 Å². The molecule has 1 fully saturated rings. The second-order valence-electron chi connectivity index (χ2n) is 4.95. The third kappa shape index (κ3) is 3.88. The molecule has 2 rings (SSSR count). The average molecular weight is 306 g/mol. The molecule has 0 bridgehead atoms. The molecule has 1 aliphatic rings. The molecule has 1 amide bonds. The van der Waals surface area contributed by atoms with Crippen LogP contribution in [0.3, 0.4) is 0 Å². The monoisotopic (exact) mass is 305 g/mol. The van der Waals surface area contributed by atoms with Gasteiger partial charge < -0.3 is 4.90 Å². The smallest absolute Gasteiger partial charge is 0.341 e. The van der Waals surface area contributed by atoms with Crippen molar-refractivity contribution < 1.29 is 18.0 Å². The minimum atomic E-state index is -4.35. The summed E-state index contributed by atoms with van der Waals surface area (Å²) in [5, 5.41) is -0.0275. The first-order chi connectivity index (χ1) is 9.36. The largest absolute Gasteiger partial charge is 0.416 e. The van der Waals surface area contributed by atoms with Crippen LogP contribution >= 0.6 is 11.6 Å². The van der Waals surface area contributed by atoms with E-state index in [1.54, 1.807) is 4.90 Å². The Balaban J connectivity index is 1.97. The van der Waals surface area contributed by atoms with Crippen molar-refractivity contribution in [2.45, 2.75) is 30.8 Å². The molecule has 2 nitrogen and oxygen atoms in total. The lowest BCUT2D eigenvalue weighted by Gasteiger charge is -2.29. The zero-order valence-corrected chi connectivity index (χ0v) is 11.5. The molecule has 0 saturated carbocycles. The summed E-state index contributed by atoms with van der Waals surface area (Å²) in [6, 6.07) is 4.71. The molecule has 6 heteroatoms. The molecule has 0 aliphatic carbocycles. The van der Waals surface area contributed by atoms with E-state index in [9.17, 15) is 18.0 Å². The van der Waals surface area contributed by atoms with Gasteiger partial charge in [-0.15, -0.1) is 11.6 Å². The fourth-order valence-corrected chi connectivity index (χ4v) is 2.57. The number of hydrogen-bond acceptors (Lipinski definition) is 1. The third-order valence-electron chi connectivity index (χ3n) is 3.35. The van der Waals surface area contributed by atoms with Crippen LogP contribution in [0.4, 0.5) is 13.2 Å². The molecule has 1 heterocycles. The number of amides is 1. The summed E-state index contributed by atoms with van der Waals surface area (Å²) in [6.07, 6.45) is -2.47. The summed E-state index contributed by atoms with van der Waals surface area (Å²) in [7, 11) is 0. The van der Waals surface area contributed by atoms with Crippen LogP contribution in [0.25, 0.3) is 0 Å². The standard InChI is InChI=1S/C14H15ClF3NO/c15-12-2-1-7-19(9-12)13(20)8-10-3-5-11(6-4-10)14(16,17)18/h3-6,12H,1-2,7-9H2. The number of carbonyl (C=O) groups is 1. The van der Waals surface area contributed by atoms with Crippen molar-refractivity contribution in [3.63, 3.8) is 0 Å². The van der Waals surface area contributed by atoms with E-state index in [2.05, 4.69) is 0 Å². The Hall–Kier alpha value is -1.23. The Labute approximate surface area is 120 Å². The van der Waals surface area contributed by atoms with Gasteiger partial charge in [0, 0.05) is 13.1 Å². The van der Waals surface area contributed by atoms with Crippen LogP contribution in [0.2, 0.25) is 0 Å². The molecular weight excluding hydrogens is 291 g/mol. The van der Waals surface area contributed by atoms with Crippen molar-refractivity contribution in [1.82, 2.24) is 4.90 Å². The maximum Gasteiger partial charge on any atom is 0.416 e. The lowest BCUT2D eigenvalue weighted by molar-refractivity contribution is -0.137. The number of halogens is 4. The van der Waals surface area contributed by atoms with Crippen molar-refractivity contribution in [1.29, 1.82) is 0 Å². The van der Waals surface area contributed by atoms with Gasteiger partial charge in [0.15, 0.2) is 0 Å². The lowest BCUT2D eigenvalue weighted by atomic mass is 10.1. The topological polar surface area (TPSA) is 20.3 Å². The molecule has 0 N–H and O–H groups in total. The van der Waals surface area contributed by atoms with Gasteiger partial charge in [0.05, 0.1) is 17.4 Å². The van der Waals surface area contributed by atoms with Gasteiger partial charge in [-0.2, -0.15) is 13.2 Å². The minimum absolute atomic E-state index is 0.0275. The number of hydrogen-bond donors (Lipinski definition) is 0.